The van der Waals surface area contributed by atoms with E-state index < -0.39 is 12.1 Å². The van der Waals surface area contributed by atoms with Crippen LogP contribution in [0.4, 0.5) is 0 Å². The van der Waals surface area contributed by atoms with Gasteiger partial charge in [-0.2, -0.15) is 0 Å². The summed E-state index contributed by atoms with van der Waals surface area (Å²) in [6, 6.07) is 0. The fourth-order valence-electron chi connectivity index (χ4n) is 6.21. The van der Waals surface area contributed by atoms with Gasteiger partial charge in [0.1, 0.15) is 13.2 Å². The Morgan fingerprint density at radius 3 is 1.07 bits per heavy atom. The van der Waals surface area contributed by atoms with Crippen molar-refractivity contribution in [1.29, 1.82) is 0 Å². The molecule has 0 fully saturated rings. The van der Waals surface area contributed by atoms with Crippen LogP contribution in [-0.4, -0.2) is 37.2 Å². The summed E-state index contributed by atoms with van der Waals surface area (Å²) in [5, 5.41) is 0. The Balaban J connectivity index is 4.68. The molecule has 0 heterocycles. The quantitative estimate of drug-likeness (QED) is 0.0199. The summed E-state index contributed by atoms with van der Waals surface area (Å²) in [5.74, 6) is -1.11. The molecule has 0 aliphatic rings. The molecule has 0 aromatic carbocycles. The molecule has 0 spiro atoms. The minimum Gasteiger partial charge on any atom is -0.462 e. The Morgan fingerprint density at radius 1 is 0.328 bits per heavy atom. The predicted octanol–water partition coefficient (Wildman–Crippen LogP) is 17.4. The first kappa shape index (κ1) is 62.0. The first-order valence-electron chi connectivity index (χ1n) is 26.1. The Labute approximate surface area is 409 Å². The Bertz CT molecular complexity index is 1570. The summed E-state index contributed by atoms with van der Waals surface area (Å²) < 4.78 is 16.7. The molecule has 6 nitrogen and oxygen atoms in total. The average molecular weight is 921 g/mol. The van der Waals surface area contributed by atoms with E-state index in [1.807, 2.05) is 48.6 Å². The molecule has 0 saturated carbocycles. The van der Waals surface area contributed by atoms with Crippen LogP contribution in [0.1, 0.15) is 188 Å². The number of ether oxygens (including phenoxy) is 3. The fraction of sp³-hybridized carbons (Fsp3) is 0.525. The third-order valence-corrected chi connectivity index (χ3v) is 10.1. The lowest BCUT2D eigenvalue weighted by molar-refractivity contribution is -0.167. The first-order chi connectivity index (χ1) is 33.0. The zero-order valence-corrected chi connectivity index (χ0v) is 42.3. The van der Waals surface area contributed by atoms with Gasteiger partial charge in [-0.15, -0.1) is 0 Å². The normalized spacial score (nSPS) is 13.4. The lowest BCUT2D eigenvalue weighted by Gasteiger charge is -2.18. The van der Waals surface area contributed by atoms with Crippen molar-refractivity contribution in [3.63, 3.8) is 0 Å². The molecule has 0 aliphatic heterocycles. The number of carbonyl (C=O) groups excluding carboxylic acids is 3. The number of carbonyl (C=O) groups is 3. The van der Waals surface area contributed by atoms with Crippen molar-refractivity contribution >= 4 is 17.9 Å². The standard InChI is InChI=1S/C61H92O6/c1-4-7-10-13-16-19-22-25-28-30-33-36-39-42-45-48-51-54-60(63)66-57-58(56-65-59(62)53-50-47-44-41-38-35-32-27-24-21-18-15-12-9-6-3)67-61(64)55-52-49-46-43-40-37-34-31-29-26-23-20-17-14-11-8-5-2/h9,12,15-21,24-29,32-38,42-43,45-46,58H,4-8,10-11,13-14,22-23,30-31,39-41,44,47-57H2,1-3H3/b12-9-,18-15-,19-16-,20-17-,24-21-,28-25-,29-26-,32-27-,36-33-,37-34-,38-35-,45-42-,46-43-. The highest BCUT2D eigenvalue weighted by Crippen LogP contribution is 2.10. The van der Waals surface area contributed by atoms with Crippen LogP contribution in [0.25, 0.3) is 0 Å². The van der Waals surface area contributed by atoms with Crippen LogP contribution in [0.3, 0.4) is 0 Å². The molecular weight excluding hydrogens is 829 g/mol. The number of unbranched alkanes of at least 4 members (excludes halogenated alkanes) is 11. The second-order valence-electron chi connectivity index (χ2n) is 16.5. The van der Waals surface area contributed by atoms with E-state index in [0.717, 1.165) is 77.0 Å². The predicted molar refractivity (Wildman–Crippen MR) is 288 cm³/mol. The molecule has 1 atom stereocenters. The number of hydrogen-bond donors (Lipinski definition) is 0. The maximum atomic E-state index is 12.8. The van der Waals surface area contributed by atoms with Gasteiger partial charge in [-0.3, -0.25) is 14.4 Å². The van der Waals surface area contributed by atoms with Crippen LogP contribution in [0.5, 0.6) is 0 Å². The molecule has 67 heavy (non-hydrogen) atoms. The van der Waals surface area contributed by atoms with E-state index in [4.69, 9.17) is 14.2 Å². The van der Waals surface area contributed by atoms with Crippen LogP contribution < -0.4 is 0 Å². The van der Waals surface area contributed by atoms with Crippen molar-refractivity contribution in [1.82, 2.24) is 0 Å². The van der Waals surface area contributed by atoms with Gasteiger partial charge in [0.05, 0.1) is 0 Å². The highest BCUT2D eigenvalue weighted by molar-refractivity contribution is 5.71. The monoisotopic (exact) mass is 921 g/mol. The second-order valence-corrected chi connectivity index (χ2v) is 16.5. The molecule has 0 saturated heterocycles. The van der Waals surface area contributed by atoms with Crippen LogP contribution >= 0.6 is 0 Å². The highest BCUT2D eigenvalue weighted by Gasteiger charge is 2.19. The van der Waals surface area contributed by atoms with Crippen LogP contribution in [0.2, 0.25) is 0 Å². The zero-order chi connectivity index (χ0) is 48.6. The number of allylic oxidation sites excluding steroid dienone is 26. The van der Waals surface area contributed by atoms with Crippen molar-refractivity contribution in [2.75, 3.05) is 13.2 Å². The van der Waals surface area contributed by atoms with E-state index in [2.05, 4.69) is 130 Å². The average Bonchev–Trinajstić information content (AvgIpc) is 3.33. The van der Waals surface area contributed by atoms with Crippen LogP contribution in [0.15, 0.2) is 158 Å². The molecule has 0 radical (unpaired) electrons. The van der Waals surface area contributed by atoms with E-state index in [1.54, 1.807) is 0 Å². The van der Waals surface area contributed by atoms with Gasteiger partial charge in [-0.1, -0.05) is 211 Å². The van der Waals surface area contributed by atoms with E-state index >= 15 is 0 Å². The summed E-state index contributed by atoms with van der Waals surface area (Å²) >= 11 is 0. The van der Waals surface area contributed by atoms with Gasteiger partial charge >= 0.3 is 17.9 Å². The summed E-state index contributed by atoms with van der Waals surface area (Å²) in [6.07, 6.45) is 78.0. The van der Waals surface area contributed by atoms with E-state index in [-0.39, 0.29) is 44.4 Å². The minimum atomic E-state index is -0.854. The van der Waals surface area contributed by atoms with Gasteiger partial charge in [0.25, 0.3) is 0 Å². The third-order valence-electron chi connectivity index (χ3n) is 10.1. The Kier molecular flexibility index (Phi) is 49.7. The number of rotatable bonds is 44. The fourth-order valence-corrected chi connectivity index (χ4v) is 6.21. The Morgan fingerprint density at radius 2 is 0.657 bits per heavy atom. The van der Waals surface area contributed by atoms with E-state index in [1.165, 1.54) is 51.4 Å². The molecule has 0 bridgehead atoms. The first-order valence-corrected chi connectivity index (χ1v) is 26.1. The third kappa shape index (κ3) is 51.9. The zero-order valence-electron chi connectivity index (χ0n) is 42.3. The smallest absolute Gasteiger partial charge is 0.306 e. The molecule has 0 rings (SSSR count). The molecule has 0 aliphatic carbocycles. The molecule has 372 valence electrons. The molecule has 6 heteroatoms. The van der Waals surface area contributed by atoms with Gasteiger partial charge in [0, 0.05) is 19.3 Å². The summed E-state index contributed by atoms with van der Waals surface area (Å²) in [5.41, 5.74) is 0. The van der Waals surface area contributed by atoms with E-state index in [0.29, 0.717) is 19.3 Å². The lowest BCUT2D eigenvalue weighted by Crippen LogP contribution is -2.30. The summed E-state index contributed by atoms with van der Waals surface area (Å²) in [6.45, 7) is 6.27. The molecule has 0 N–H and O–H groups in total. The molecule has 0 amide bonds. The lowest BCUT2D eigenvalue weighted by atomic mass is 10.1. The van der Waals surface area contributed by atoms with Gasteiger partial charge in [-0.25, -0.2) is 0 Å². The molecule has 0 aromatic heterocycles. The van der Waals surface area contributed by atoms with Gasteiger partial charge in [-0.05, 0) is 116 Å². The molecule has 1 unspecified atom stereocenters. The van der Waals surface area contributed by atoms with Crippen molar-refractivity contribution < 1.29 is 28.6 Å². The molecule has 0 aromatic rings. The van der Waals surface area contributed by atoms with E-state index in [9.17, 15) is 14.4 Å². The van der Waals surface area contributed by atoms with Crippen LogP contribution in [0, 0.1) is 0 Å². The van der Waals surface area contributed by atoms with Gasteiger partial charge in [0.15, 0.2) is 6.10 Å². The maximum Gasteiger partial charge on any atom is 0.306 e. The minimum absolute atomic E-state index is 0.147. The van der Waals surface area contributed by atoms with Crippen molar-refractivity contribution in [3.05, 3.63) is 158 Å². The van der Waals surface area contributed by atoms with Gasteiger partial charge < -0.3 is 14.2 Å². The van der Waals surface area contributed by atoms with Gasteiger partial charge in [0.2, 0.25) is 0 Å². The maximum absolute atomic E-state index is 12.8. The van der Waals surface area contributed by atoms with Crippen molar-refractivity contribution in [3.8, 4) is 0 Å². The number of esters is 3. The topological polar surface area (TPSA) is 78.9 Å². The largest absolute Gasteiger partial charge is 0.462 e. The molecular formula is C61H92O6. The second kappa shape index (κ2) is 53.6. The van der Waals surface area contributed by atoms with Crippen molar-refractivity contribution in [2.45, 2.75) is 194 Å². The van der Waals surface area contributed by atoms with Crippen LogP contribution in [-0.2, 0) is 28.6 Å². The SMILES string of the molecule is CC\C=C/C=C\C=C/C=C\C=C/CCCCCC(=O)OCC(COC(=O)CCC/C=C\C/C=C\C/C=C\C/C=C\CCCCC)OC(=O)CCC/C=C\C/C=C\C/C=C\C/C=C\CCCCC. The number of hydrogen-bond acceptors (Lipinski definition) is 6. The Hall–Kier alpha value is -4.97. The highest BCUT2D eigenvalue weighted by atomic mass is 16.6. The summed E-state index contributed by atoms with van der Waals surface area (Å²) in [4.78, 5) is 38.0. The van der Waals surface area contributed by atoms with Crippen molar-refractivity contribution in [2.24, 2.45) is 0 Å². The summed E-state index contributed by atoms with van der Waals surface area (Å²) in [7, 11) is 0.